The molecule has 5 aliphatic heterocycles. The molecule has 360 valence electrons. The predicted octanol–water partition coefficient (Wildman–Crippen LogP) is 6.64. The fourth-order valence-electron chi connectivity index (χ4n) is 12.7. The second-order valence-electron chi connectivity index (χ2n) is 20.0. The van der Waals surface area contributed by atoms with Crippen LogP contribution in [0.15, 0.2) is 83.7 Å². The molecule has 6 aliphatic rings. The van der Waals surface area contributed by atoms with Crippen molar-refractivity contribution in [1.29, 1.82) is 0 Å². The minimum atomic E-state index is -1.35. The average Bonchev–Trinajstić information content (AvgIpc) is 3.90. The van der Waals surface area contributed by atoms with E-state index in [9.17, 15) is 28.8 Å². The minimum absolute atomic E-state index is 0.0274. The third kappa shape index (κ3) is 7.36. The van der Waals surface area contributed by atoms with Crippen molar-refractivity contribution in [3.63, 3.8) is 0 Å². The van der Waals surface area contributed by atoms with Gasteiger partial charge in [0.1, 0.15) is 17.3 Å². The van der Waals surface area contributed by atoms with Gasteiger partial charge in [0.25, 0.3) is 5.91 Å². The first-order chi connectivity index (χ1) is 33.7. The van der Waals surface area contributed by atoms with Crippen LogP contribution in [0, 0.1) is 23.1 Å². The quantitative estimate of drug-likeness (QED) is 0.109. The van der Waals surface area contributed by atoms with Gasteiger partial charge in [-0.2, -0.15) is 0 Å². The van der Waals surface area contributed by atoms with Gasteiger partial charge in [-0.15, -0.1) is 0 Å². The molecule has 5 aromatic rings. The van der Waals surface area contributed by atoms with Crippen molar-refractivity contribution in [2.45, 2.75) is 86.7 Å². The molecule has 14 nitrogen and oxygen atoms in total. The van der Waals surface area contributed by atoms with Crippen molar-refractivity contribution in [2.75, 3.05) is 43.4 Å². The molecule has 4 atom stereocenters. The molecular formula is C53H51Cl2FN8O6. The second kappa shape index (κ2) is 17.5. The maximum absolute atomic E-state index is 16.3. The molecular weight excluding hydrogens is 935 g/mol. The van der Waals surface area contributed by atoms with Crippen molar-refractivity contribution in [3.8, 4) is 11.8 Å². The van der Waals surface area contributed by atoms with Crippen LogP contribution in [0.4, 0.5) is 15.8 Å². The van der Waals surface area contributed by atoms with Gasteiger partial charge in [0, 0.05) is 65.4 Å². The van der Waals surface area contributed by atoms with Crippen LogP contribution < -0.4 is 27.0 Å². The summed E-state index contributed by atoms with van der Waals surface area (Å²) >= 11 is 12.8. The van der Waals surface area contributed by atoms with E-state index in [2.05, 4.69) is 38.0 Å². The molecule has 1 aliphatic carbocycles. The number of carbonyl (C=O) groups excluding carboxylic acids is 5. The normalized spacial score (nSPS) is 24.5. The standard InChI is InChI=1S/C53H51Cl2FN8O6/c1-61-45-31(8-5-12-39(45)64(50(61)70)40-19-20-41(65)59-46(40)66)9-7-25-62-26-23-51(24-27-62)29-63(30-51)48(68)32-13-16-34(17-14-32)57-47(67)44-42(35-10-6-11-37(55)43(35)56)53(52(60-44)21-3-2-4-22-52)36-18-15-33(54)28-38(36)58-49(53)69/h5-6,8,10-18,28,40,42,44,60H,2-4,19-27,29-30H2,1H3,(H,57,67)(H,58,69)(H,59,65,66)/t40?,42-,44+,53+/m0/s1. The summed E-state index contributed by atoms with van der Waals surface area (Å²) in [5, 5.41) is 12.4. The van der Waals surface area contributed by atoms with Crippen LogP contribution in [0.25, 0.3) is 11.0 Å². The van der Waals surface area contributed by atoms with Gasteiger partial charge in [-0.1, -0.05) is 78.6 Å². The average molecular weight is 986 g/mol. The topological polar surface area (TPSA) is 167 Å². The molecule has 3 spiro atoms. The Hall–Kier alpha value is -6.31. The molecule has 4 saturated heterocycles. The number of anilines is 2. The third-order valence-electron chi connectivity index (χ3n) is 16.1. The molecule has 70 heavy (non-hydrogen) atoms. The summed E-state index contributed by atoms with van der Waals surface area (Å²) in [6.07, 6.45) is 6.08. The van der Waals surface area contributed by atoms with E-state index >= 15 is 4.39 Å². The highest BCUT2D eigenvalue weighted by Gasteiger charge is 2.72. The highest BCUT2D eigenvalue weighted by Crippen LogP contribution is 2.63. The Morgan fingerprint density at radius 1 is 0.886 bits per heavy atom. The van der Waals surface area contributed by atoms with Gasteiger partial charge in [-0.25, -0.2) is 9.18 Å². The lowest BCUT2D eigenvalue weighted by Crippen LogP contribution is -2.61. The van der Waals surface area contributed by atoms with E-state index in [1.165, 1.54) is 15.2 Å². The lowest BCUT2D eigenvalue weighted by molar-refractivity contribution is -0.135. The summed E-state index contributed by atoms with van der Waals surface area (Å²) in [6.45, 7) is 3.48. The Morgan fingerprint density at radius 2 is 1.63 bits per heavy atom. The van der Waals surface area contributed by atoms with Gasteiger partial charge in [0.15, 0.2) is 0 Å². The van der Waals surface area contributed by atoms with E-state index in [1.54, 1.807) is 61.6 Å². The first-order valence-corrected chi connectivity index (χ1v) is 24.8. The number of hydrogen-bond donors (Lipinski definition) is 4. The van der Waals surface area contributed by atoms with Gasteiger partial charge in [0.05, 0.1) is 34.2 Å². The molecule has 4 aromatic carbocycles. The summed E-state index contributed by atoms with van der Waals surface area (Å²) in [4.78, 5) is 85.1. The number of aryl methyl sites for hydroxylation is 1. The number of rotatable bonds is 6. The van der Waals surface area contributed by atoms with Crippen LogP contribution in [0.2, 0.25) is 10.0 Å². The first kappa shape index (κ1) is 46.1. The number of imidazole rings is 1. The monoisotopic (exact) mass is 984 g/mol. The van der Waals surface area contributed by atoms with Crippen LogP contribution in [0.3, 0.4) is 0 Å². The minimum Gasteiger partial charge on any atom is -0.337 e. The van der Waals surface area contributed by atoms with Gasteiger partial charge < -0.3 is 15.5 Å². The van der Waals surface area contributed by atoms with Crippen molar-refractivity contribution in [1.82, 2.24) is 29.6 Å². The number of hydrogen-bond acceptors (Lipinski definition) is 8. The Balaban J connectivity index is 0.743. The van der Waals surface area contributed by atoms with Crippen molar-refractivity contribution >= 4 is 75.1 Å². The Kier molecular flexibility index (Phi) is 11.5. The zero-order valence-electron chi connectivity index (χ0n) is 38.5. The van der Waals surface area contributed by atoms with Crippen LogP contribution in [0.1, 0.15) is 96.8 Å². The lowest BCUT2D eigenvalue weighted by atomic mass is 9.55. The molecule has 6 heterocycles. The van der Waals surface area contributed by atoms with Gasteiger partial charge in [-0.3, -0.25) is 48.6 Å². The van der Waals surface area contributed by atoms with E-state index < -0.39 is 46.6 Å². The number of nitrogens with one attached hydrogen (secondary N) is 4. The molecule has 4 N–H and O–H groups in total. The van der Waals surface area contributed by atoms with Crippen molar-refractivity contribution in [3.05, 3.63) is 127 Å². The number of benzene rings is 4. The number of likely N-dealkylation sites (tertiary alicyclic amines) is 2. The lowest BCUT2D eigenvalue weighted by Gasteiger charge is -2.53. The summed E-state index contributed by atoms with van der Waals surface area (Å²) in [5.41, 5.74) is 1.73. The molecule has 1 unspecified atom stereocenters. The summed E-state index contributed by atoms with van der Waals surface area (Å²) in [6, 6.07) is 20.5. The number of imide groups is 1. The highest BCUT2D eigenvalue weighted by molar-refractivity contribution is 6.31. The largest absolute Gasteiger partial charge is 0.337 e. The van der Waals surface area contributed by atoms with Crippen LogP contribution in [0.5, 0.6) is 0 Å². The first-order valence-electron chi connectivity index (χ1n) is 24.0. The molecule has 17 heteroatoms. The summed E-state index contributed by atoms with van der Waals surface area (Å²) in [5.74, 6) is 3.25. The van der Waals surface area contributed by atoms with Crippen molar-refractivity contribution in [2.24, 2.45) is 12.5 Å². The molecule has 11 rings (SSSR count). The van der Waals surface area contributed by atoms with E-state index in [4.69, 9.17) is 23.2 Å². The van der Waals surface area contributed by atoms with E-state index in [-0.39, 0.29) is 52.3 Å². The zero-order valence-corrected chi connectivity index (χ0v) is 40.0. The SMILES string of the molecule is Cn1c(=O)n(C2CCC(=O)NC2=O)c2cccc(C#CCN3CCC4(CC3)CN(C(=O)c3ccc(NC(=O)[C@@H]5NC6(CCCCC6)[C@@]6(C(=O)Nc7cc(Cl)ccc76)[C@H]5c5cccc(Cl)c5F)cc3)C4)c21. The zero-order chi connectivity index (χ0) is 48.7. The number of aromatic nitrogens is 2. The number of piperidine rings is 2. The molecule has 1 saturated carbocycles. The fraction of sp³-hybridized carbons (Fsp3) is 0.396. The highest BCUT2D eigenvalue weighted by atomic mass is 35.5. The van der Waals surface area contributed by atoms with Crippen LogP contribution in [-0.4, -0.2) is 92.8 Å². The Bertz CT molecular complexity index is 3160. The number of fused-ring (bicyclic) bond motifs is 4. The van der Waals surface area contributed by atoms with Gasteiger partial charge >= 0.3 is 5.69 Å². The van der Waals surface area contributed by atoms with Gasteiger partial charge in [0.2, 0.25) is 23.6 Å². The second-order valence-corrected chi connectivity index (χ2v) is 20.8. The van der Waals surface area contributed by atoms with Gasteiger partial charge in [-0.05, 0) is 111 Å². The molecule has 0 radical (unpaired) electrons. The number of halogens is 3. The molecule has 1 aromatic heterocycles. The summed E-state index contributed by atoms with van der Waals surface area (Å²) in [7, 11) is 1.66. The van der Waals surface area contributed by atoms with E-state index in [1.807, 2.05) is 23.1 Å². The number of carbonyl (C=O) groups is 5. The Labute approximate surface area is 413 Å². The van der Waals surface area contributed by atoms with Crippen molar-refractivity contribution < 1.29 is 28.4 Å². The van der Waals surface area contributed by atoms with E-state index in [0.29, 0.717) is 76.6 Å². The summed E-state index contributed by atoms with van der Waals surface area (Å²) < 4.78 is 19.3. The fourth-order valence-corrected chi connectivity index (χ4v) is 13.1. The van der Waals surface area contributed by atoms with Crippen LogP contribution >= 0.6 is 23.2 Å². The van der Waals surface area contributed by atoms with Crippen LogP contribution in [-0.2, 0) is 31.6 Å². The molecule has 5 amide bonds. The number of para-hydroxylation sites is 1. The maximum Gasteiger partial charge on any atom is 0.329 e. The van der Waals surface area contributed by atoms with E-state index in [0.717, 1.165) is 45.2 Å². The smallest absolute Gasteiger partial charge is 0.329 e. The maximum atomic E-state index is 16.3. The molecule has 5 fully saturated rings. The molecule has 0 bridgehead atoms. The number of amides is 5. The third-order valence-corrected chi connectivity index (χ3v) is 16.6. The predicted molar refractivity (Wildman–Crippen MR) is 263 cm³/mol. The number of nitrogens with zero attached hydrogens (tertiary/aromatic N) is 4. The Morgan fingerprint density at radius 3 is 2.37 bits per heavy atom.